The number of methoxy groups -OCH3 is 1. The number of primary amides is 1. The molecule has 2 rings (SSSR count). The van der Waals surface area contributed by atoms with Crippen molar-refractivity contribution in [3.8, 4) is 17.0 Å². The Balaban J connectivity index is 2.61. The van der Waals surface area contributed by atoms with Crippen molar-refractivity contribution in [2.24, 2.45) is 5.73 Å². The molecule has 2 aromatic rings. The molecule has 0 saturated heterocycles. The van der Waals surface area contributed by atoms with Crippen LogP contribution >= 0.6 is 0 Å². The summed E-state index contributed by atoms with van der Waals surface area (Å²) < 4.78 is 5.37. The van der Waals surface area contributed by atoms with Crippen LogP contribution in [0.2, 0.25) is 0 Å². The molecule has 0 saturated carbocycles. The molecular weight excluding hydrogens is 242 g/mol. The first-order valence-corrected chi connectivity index (χ1v) is 5.88. The first-order chi connectivity index (χ1) is 8.93. The molecule has 1 heterocycles. The highest BCUT2D eigenvalue weighted by Gasteiger charge is 2.15. The van der Waals surface area contributed by atoms with Crippen LogP contribution in [0.25, 0.3) is 11.3 Å². The number of carbonyl (C=O) groups excluding carboxylic acids is 1. The van der Waals surface area contributed by atoms with E-state index < -0.39 is 5.91 Å². The summed E-state index contributed by atoms with van der Waals surface area (Å²) in [6.07, 6.45) is 0. The molecule has 0 bridgehead atoms. The number of benzene rings is 1. The summed E-state index contributed by atoms with van der Waals surface area (Å²) >= 11 is 0. The van der Waals surface area contributed by atoms with Crippen LogP contribution in [0.15, 0.2) is 18.2 Å². The van der Waals surface area contributed by atoms with Crippen LogP contribution in [0.4, 0.5) is 5.82 Å². The van der Waals surface area contributed by atoms with Crippen LogP contribution < -0.4 is 16.2 Å². The molecule has 0 spiro atoms. The maximum Gasteiger partial charge on any atom is 0.252 e. The topological polar surface area (TPSA) is 94.1 Å². The van der Waals surface area contributed by atoms with Crippen LogP contribution in [0.5, 0.6) is 5.75 Å². The van der Waals surface area contributed by atoms with Crippen molar-refractivity contribution in [2.45, 2.75) is 13.8 Å². The Hall–Kier alpha value is -2.43. The van der Waals surface area contributed by atoms with Gasteiger partial charge in [-0.05, 0) is 43.2 Å². The van der Waals surface area contributed by atoms with Crippen molar-refractivity contribution in [3.05, 3.63) is 34.9 Å². The maximum atomic E-state index is 11.2. The molecule has 0 aliphatic heterocycles. The van der Waals surface area contributed by atoms with Gasteiger partial charge in [0.15, 0.2) is 0 Å². The van der Waals surface area contributed by atoms with Crippen LogP contribution in [-0.4, -0.2) is 18.0 Å². The molecule has 5 nitrogen and oxygen atoms in total. The van der Waals surface area contributed by atoms with Crippen molar-refractivity contribution >= 4 is 11.7 Å². The average Bonchev–Trinajstić information content (AvgIpc) is 2.74. The lowest BCUT2D eigenvalue weighted by molar-refractivity contribution is 0.100. The first-order valence-electron chi connectivity index (χ1n) is 5.88. The molecule has 1 amide bonds. The van der Waals surface area contributed by atoms with Crippen LogP contribution in [-0.2, 0) is 0 Å². The monoisotopic (exact) mass is 259 g/mol. The lowest BCUT2D eigenvalue weighted by atomic mass is 10.0. The van der Waals surface area contributed by atoms with Gasteiger partial charge in [-0.2, -0.15) is 0 Å². The quantitative estimate of drug-likeness (QED) is 0.786. The molecular formula is C14H17N3O2. The predicted molar refractivity (Wildman–Crippen MR) is 75.2 cm³/mol. The normalized spacial score (nSPS) is 10.5. The van der Waals surface area contributed by atoms with E-state index in [1.807, 2.05) is 26.0 Å². The summed E-state index contributed by atoms with van der Waals surface area (Å²) in [7, 11) is 1.61. The van der Waals surface area contributed by atoms with Gasteiger partial charge in [0.25, 0.3) is 5.91 Å². The predicted octanol–water partition coefficient (Wildman–Crippen LogP) is 1.99. The standard InChI is InChI=1S/C14H17N3O2/c1-7-4-9(12(19-3)5-8(7)2)11-6-10(14(16)18)13(15)17-11/h4-6,17H,15H2,1-3H3,(H2,16,18). The number of nitrogens with two attached hydrogens (primary N) is 2. The van der Waals surface area contributed by atoms with Crippen molar-refractivity contribution in [2.75, 3.05) is 12.8 Å². The number of hydrogen-bond acceptors (Lipinski definition) is 3. The van der Waals surface area contributed by atoms with Crippen LogP contribution in [0.1, 0.15) is 21.5 Å². The van der Waals surface area contributed by atoms with Crippen LogP contribution in [0, 0.1) is 13.8 Å². The molecule has 5 N–H and O–H groups in total. The largest absolute Gasteiger partial charge is 0.496 e. The molecule has 1 aromatic heterocycles. The van der Waals surface area contributed by atoms with Gasteiger partial charge < -0.3 is 21.2 Å². The van der Waals surface area contributed by atoms with E-state index in [4.69, 9.17) is 16.2 Å². The highest BCUT2D eigenvalue weighted by Crippen LogP contribution is 2.33. The van der Waals surface area contributed by atoms with Gasteiger partial charge in [-0.3, -0.25) is 4.79 Å². The number of nitrogen functional groups attached to an aromatic ring is 1. The number of ether oxygens (including phenoxy) is 1. The second kappa shape index (κ2) is 4.68. The number of carbonyl (C=O) groups is 1. The highest BCUT2D eigenvalue weighted by atomic mass is 16.5. The number of hydrogen-bond donors (Lipinski definition) is 3. The SMILES string of the molecule is COc1cc(C)c(C)cc1-c1cc(C(N)=O)c(N)[nH]1. The second-order valence-electron chi connectivity index (χ2n) is 4.51. The number of aryl methyl sites for hydroxylation is 2. The number of rotatable bonds is 3. The third-order valence-corrected chi connectivity index (χ3v) is 3.22. The number of nitrogens with one attached hydrogen (secondary N) is 1. The Labute approximate surface area is 111 Å². The van der Waals surface area contributed by atoms with Gasteiger partial charge in [0.2, 0.25) is 0 Å². The van der Waals surface area contributed by atoms with Gasteiger partial charge in [-0.25, -0.2) is 0 Å². The number of H-pyrrole nitrogens is 1. The maximum absolute atomic E-state index is 11.2. The van der Waals surface area contributed by atoms with Gasteiger partial charge in [-0.15, -0.1) is 0 Å². The fourth-order valence-electron chi connectivity index (χ4n) is 1.99. The summed E-state index contributed by atoms with van der Waals surface area (Å²) in [4.78, 5) is 14.2. The fourth-order valence-corrected chi connectivity index (χ4v) is 1.99. The smallest absolute Gasteiger partial charge is 0.252 e. The third kappa shape index (κ3) is 2.27. The minimum absolute atomic E-state index is 0.266. The number of aromatic nitrogens is 1. The Morgan fingerprint density at radius 3 is 2.37 bits per heavy atom. The molecule has 0 aliphatic rings. The Bertz CT molecular complexity index is 644. The summed E-state index contributed by atoms with van der Waals surface area (Å²) in [6.45, 7) is 4.03. The minimum Gasteiger partial charge on any atom is -0.496 e. The minimum atomic E-state index is -0.553. The lowest BCUT2D eigenvalue weighted by Gasteiger charge is -2.10. The Morgan fingerprint density at radius 2 is 1.84 bits per heavy atom. The van der Waals surface area contributed by atoms with E-state index in [0.717, 1.165) is 22.4 Å². The fraction of sp³-hybridized carbons (Fsp3) is 0.214. The van der Waals surface area contributed by atoms with Crippen molar-refractivity contribution in [3.63, 3.8) is 0 Å². The first kappa shape index (κ1) is 13.0. The lowest BCUT2D eigenvalue weighted by Crippen LogP contribution is -2.11. The summed E-state index contributed by atoms with van der Waals surface area (Å²) in [6, 6.07) is 5.58. The van der Waals surface area contributed by atoms with Crippen molar-refractivity contribution < 1.29 is 9.53 Å². The molecule has 100 valence electrons. The van der Waals surface area contributed by atoms with Crippen LogP contribution in [0.3, 0.4) is 0 Å². The van der Waals surface area contributed by atoms with Gasteiger partial charge in [-0.1, -0.05) is 0 Å². The van der Waals surface area contributed by atoms with Crippen molar-refractivity contribution in [1.82, 2.24) is 4.98 Å². The molecule has 5 heteroatoms. The number of anilines is 1. The Morgan fingerprint density at radius 1 is 1.21 bits per heavy atom. The molecule has 0 aliphatic carbocycles. The average molecular weight is 259 g/mol. The molecule has 0 atom stereocenters. The summed E-state index contributed by atoms with van der Waals surface area (Å²) in [5.41, 5.74) is 15.1. The molecule has 0 unspecified atom stereocenters. The highest BCUT2D eigenvalue weighted by molar-refractivity contribution is 5.99. The number of amides is 1. The molecule has 0 radical (unpaired) electrons. The molecule has 1 aromatic carbocycles. The van der Waals surface area contributed by atoms with Gasteiger partial charge in [0.1, 0.15) is 11.6 Å². The van der Waals surface area contributed by atoms with Crippen molar-refractivity contribution in [1.29, 1.82) is 0 Å². The van der Waals surface area contributed by atoms with Gasteiger partial charge >= 0.3 is 0 Å². The number of aromatic amines is 1. The Kier molecular flexibility index (Phi) is 3.21. The van der Waals surface area contributed by atoms with E-state index in [9.17, 15) is 4.79 Å². The van der Waals surface area contributed by atoms with E-state index in [2.05, 4.69) is 4.98 Å². The third-order valence-electron chi connectivity index (χ3n) is 3.22. The second-order valence-corrected chi connectivity index (χ2v) is 4.51. The van der Waals surface area contributed by atoms with E-state index >= 15 is 0 Å². The van der Waals surface area contributed by atoms with E-state index in [-0.39, 0.29) is 11.4 Å². The molecule has 0 fully saturated rings. The summed E-state index contributed by atoms with van der Waals surface area (Å²) in [5, 5.41) is 0. The zero-order chi connectivity index (χ0) is 14.2. The molecule has 19 heavy (non-hydrogen) atoms. The zero-order valence-corrected chi connectivity index (χ0v) is 11.2. The van der Waals surface area contributed by atoms with Gasteiger partial charge in [0.05, 0.1) is 18.4 Å². The van der Waals surface area contributed by atoms with E-state index in [1.54, 1.807) is 13.2 Å². The van der Waals surface area contributed by atoms with Gasteiger partial charge in [0, 0.05) is 5.56 Å². The zero-order valence-electron chi connectivity index (χ0n) is 11.2. The summed E-state index contributed by atoms with van der Waals surface area (Å²) in [5.74, 6) is 0.436. The van der Waals surface area contributed by atoms with E-state index in [1.165, 1.54) is 0 Å². The van der Waals surface area contributed by atoms with E-state index in [0.29, 0.717) is 5.69 Å².